The molecule has 3 aromatic rings. The molecule has 1 fully saturated rings. The molecular formula is C25H22ClN3O3S. The van der Waals surface area contributed by atoms with E-state index in [1.54, 1.807) is 36.0 Å². The first-order valence-electron chi connectivity index (χ1n) is 10.4. The van der Waals surface area contributed by atoms with Gasteiger partial charge in [0, 0.05) is 22.2 Å². The fourth-order valence-corrected chi connectivity index (χ4v) is 4.64. The van der Waals surface area contributed by atoms with Gasteiger partial charge in [0.1, 0.15) is 6.54 Å². The van der Waals surface area contributed by atoms with Gasteiger partial charge in [-0.25, -0.2) is 4.79 Å². The standard InChI is InChI=1S/C25H22ClN3O3S/c26-20-11-13-21(14-12-20)33-16-15-27-22(30)17-29-23(31)25(28-24(29)32,18-7-3-1-4-8-18)19-9-5-2-6-10-19/h1-14H,15-17H2,(H,27,30)(H,28,32). The number of rotatable bonds is 8. The third-order valence-corrected chi connectivity index (χ3v) is 6.59. The molecule has 0 aliphatic carbocycles. The Kier molecular flexibility index (Phi) is 7.01. The van der Waals surface area contributed by atoms with E-state index in [-0.39, 0.29) is 6.54 Å². The minimum Gasteiger partial charge on any atom is -0.354 e. The van der Waals surface area contributed by atoms with E-state index >= 15 is 0 Å². The third kappa shape index (κ3) is 4.89. The van der Waals surface area contributed by atoms with E-state index in [2.05, 4.69) is 10.6 Å². The Morgan fingerprint density at radius 3 is 2.06 bits per heavy atom. The lowest BCUT2D eigenvalue weighted by Crippen LogP contribution is -2.46. The highest BCUT2D eigenvalue weighted by Crippen LogP contribution is 2.35. The van der Waals surface area contributed by atoms with Crippen molar-refractivity contribution in [3.05, 3.63) is 101 Å². The molecule has 33 heavy (non-hydrogen) atoms. The summed E-state index contributed by atoms with van der Waals surface area (Å²) in [7, 11) is 0. The van der Waals surface area contributed by atoms with Crippen molar-refractivity contribution in [2.24, 2.45) is 0 Å². The number of hydrogen-bond donors (Lipinski definition) is 2. The summed E-state index contributed by atoms with van der Waals surface area (Å²) in [5.41, 5.74) is -0.0988. The smallest absolute Gasteiger partial charge is 0.326 e. The average Bonchev–Trinajstić information content (AvgIpc) is 3.10. The van der Waals surface area contributed by atoms with Crippen LogP contribution in [0.25, 0.3) is 0 Å². The highest BCUT2D eigenvalue weighted by atomic mass is 35.5. The van der Waals surface area contributed by atoms with Gasteiger partial charge >= 0.3 is 6.03 Å². The molecule has 0 unspecified atom stereocenters. The minimum absolute atomic E-state index is 0.350. The average molecular weight is 480 g/mol. The van der Waals surface area contributed by atoms with Gasteiger partial charge in [-0.15, -0.1) is 11.8 Å². The predicted molar refractivity (Wildman–Crippen MR) is 129 cm³/mol. The Morgan fingerprint density at radius 2 is 1.48 bits per heavy atom. The molecule has 1 aliphatic heterocycles. The molecule has 1 heterocycles. The first kappa shape index (κ1) is 22.9. The number of nitrogens with one attached hydrogen (secondary N) is 2. The Bertz CT molecular complexity index is 1100. The lowest BCUT2D eigenvalue weighted by molar-refractivity contribution is -0.134. The number of hydrogen-bond acceptors (Lipinski definition) is 4. The van der Waals surface area contributed by atoms with Crippen LogP contribution in [0.5, 0.6) is 0 Å². The number of benzene rings is 3. The maximum atomic E-state index is 13.6. The van der Waals surface area contributed by atoms with E-state index in [4.69, 9.17) is 11.6 Å². The summed E-state index contributed by atoms with van der Waals surface area (Å²) in [6.07, 6.45) is 0. The van der Waals surface area contributed by atoms with Crippen molar-refractivity contribution < 1.29 is 14.4 Å². The first-order chi connectivity index (χ1) is 16.0. The lowest BCUT2D eigenvalue weighted by Gasteiger charge is -2.28. The summed E-state index contributed by atoms with van der Waals surface area (Å²) in [5, 5.41) is 6.29. The Labute approximate surface area is 201 Å². The zero-order valence-electron chi connectivity index (χ0n) is 17.7. The van der Waals surface area contributed by atoms with Crippen LogP contribution >= 0.6 is 23.4 Å². The van der Waals surface area contributed by atoms with Crippen molar-refractivity contribution in [2.45, 2.75) is 10.4 Å². The van der Waals surface area contributed by atoms with Crippen molar-refractivity contribution in [2.75, 3.05) is 18.8 Å². The topological polar surface area (TPSA) is 78.5 Å². The summed E-state index contributed by atoms with van der Waals surface area (Å²) < 4.78 is 0. The molecule has 4 amide bonds. The van der Waals surface area contributed by atoms with Crippen LogP contribution in [0.15, 0.2) is 89.8 Å². The third-order valence-electron chi connectivity index (χ3n) is 5.33. The minimum atomic E-state index is -1.37. The monoisotopic (exact) mass is 479 g/mol. The molecule has 0 saturated carbocycles. The van der Waals surface area contributed by atoms with Crippen LogP contribution in [0.4, 0.5) is 4.79 Å². The van der Waals surface area contributed by atoms with Crippen LogP contribution in [-0.4, -0.2) is 41.6 Å². The van der Waals surface area contributed by atoms with Gasteiger partial charge in [0.25, 0.3) is 5.91 Å². The second-order valence-corrected chi connectivity index (χ2v) is 9.06. The number of carbonyl (C=O) groups excluding carboxylic acids is 3. The van der Waals surface area contributed by atoms with Gasteiger partial charge in [0.15, 0.2) is 5.54 Å². The zero-order valence-corrected chi connectivity index (χ0v) is 19.2. The highest BCUT2D eigenvalue weighted by molar-refractivity contribution is 7.99. The molecule has 0 radical (unpaired) electrons. The summed E-state index contributed by atoms with van der Waals surface area (Å²) >= 11 is 7.46. The van der Waals surface area contributed by atoms with Gasteiger partial charge in [-0.2, -0.15) is 0 Å². The maximum absolute atomic E-state index is 13.6. The molecule has 8 heteroatoms. The van der Waals surface area contributed by atoms with Crippen LogP contribution in [0.2, 0.25) is 5.02 Å². The van der Waals surface area contributed by atoms with Crippen molar-refractivity contribution in [1.82, 2.24) is 15.5 Å². The van der Waals surface area contributed by atoms with Gasteiger partial charge in [-0.1, -0.05) is 72.3 Å². The largest absolute Gasteiger partial charge is 0.354 e. The highest BCUT2D eigenvalue weighted by Gasteiger charge is 2.53. The summed E-state index contributed by atoms with van der Waals surface area (Å²) in [6.45, 7) is 0.0516. The molecular weight excluding hydrogens is 458 g/mol. The van der Waals surface area contributed by atoms with Crippen molar-refractivity contribution in [3.63, 3.8) is 0 Å². The summed E-state index contributed by atoms with van der Waals surface area (Å²) in [4.78, 5) is 40.9. The second-order valence-electron chi connectivity index (χ2n) is 7.46. The molecule has 1 saturated heterocycles. The predicted octanol–water partition coefficient (Wildman–Crippen LogP) is 4.04. The fraction of sp³-hybridized carbons (Fsp3) is 0.160. The number of amides is 4. The van der Waals surface area contributed by atoms with Crippen LogP contribution in [0.1, 0.15) is 11.1 Å². The number of thioether (sulfide) groups is 1. The molecule has 168 valence electrons. The lowest BCUT2D eigenvalue weighted by atomic mass is 9.82. The number of nitrogens with zero attached hydrogens (tertiary/aromatic N) is 1. The number of halogens is 1. The number of imide groups is 1. The van der Waals surface area contributed by atoms with Gasteiger partial charge in [-0.3, -0.25) is 14.5 Å². The number of carbonyl (C=O) groups is 3. The first-order valence-corrected chi connectivity index (χ1v) is 11.8. The molecule has 0 bridgehead atoms. The molecule has 0 spiro atoms. The van der Waals surface area contributed by atoms with E-state index in [1.807, 2.05) is 60.7 Å². The second kappa shape index (κ2) is 10.1. The maximum Gasteiger partial charge on any atom is 0.326 e. The molecule has 1 aliphatic rings. The zero-order chi connectivity index (χ0) is 23.3. The van der Waals surface area contributed by atoms with Crippen molar-refractivity contribution >= 4 is 41.2 Å². The van der Waals surface area contributed by atoms with Gasteiger partial charge < -0.3 is 10.6 Å². The van der Waals surface area contributed by atoms with E-state index in [0.717, 1.165) is 9.80 Å². The molecule has 6 nitrogen and oxygen atoms in total. The fourth-order valence-electron chi connectivity index (χ4n) is 3.74. The van der Waals surface area contributed by atoms with Gasteiger partial charge in [0.05, 0.1) is 0 Å². The van der Waals surface area contributed by atoms with Crippen molar-refractivity contribution in [3.8, 4) is 0 Å². The molecule has 0 atom stereocenters. The molecule has 0 aromatic heterocycles. The molecule has 4 rings (SSSR count). The van der Waals surface area contributed by atoms with Crippen LogP contribution in [-0.2, 0) is 15.1 Å². The Hall–Kier alpha value is -3.29. The Morgan fingerprint density at radius 1 is 0.909 bits per heavy atom. The summed E-state index contributed by atoms with van der Waals surface area (Å²) in [6, 6.07) is 25.0. The molecule has 2 N–H and O–H groups in total. The number of urea groups is 1. The van der Waals surface area contributed by atoms with Gasteiger partial charge in [0.2, 0.25) is 5.91 Å². The van der Waals surface area contributed by atoms with E-state index < -0.39 is 23.4 Å². The van der Waals surface area contributed by atoms with E-state index in [1.165, 1.54) is 0 Å². The summed E-state index contributed by atoms with van der Waals surface area (Å²) in [5.74, 6) is -0.228. The van der Waals surface area contributed by atoms with E-state index in [9.17, 15) is 14.4 Å². The van der Waals surface area contributed by atoms with E-state index in [0.29, 0.717) is 28.4 Å². The van der Waals surface area contributed by atoms with Gasteiger partial charge in [-0.05, 0) is 35.4 Å². The SMILES string of the molecule is O=C(CN1C(=O)NC(c2ccccc2)(c2ccccc2)C1=O)NCCSc1ccc(Cl)cc1. The Balaban J connectivity index is 1.43. The molecule has 3 aromatic carbocycles. The van der Waals surface area contributed by atoms with Crippen molar-refractivity contribution in [1.29, 1.82) is 0 Å². The van der Waals surface area contributed by atoms with Crippen LogP contribution in [0.3, 0.4) is 0 Å². The normalized spacial score (nSPS) is 14.8. The van der Waals surface area contributed by atoms with Crippen LogP contribution < -0.4 is 10.6 Å². The van der Waals surface area contributed by atoms with Crippen LogP contribution in [0, 0.1) is 0 Å². The quantitative estimate of drug-likeness (QED) is 0.290.